The molecule has 19 heavy (non-hydrogen) atoms. The number of hydrogen-bond donors (Lipinski definition) is 2. The summed E-state index contributed by atoms with van der Waals surface area (Å²) in [7, 11) is 1.73. The molecular formula is C16H28N2O. The van der Waals surface area contributed by atoms with E-state index in [2.05, 4.69) is 44.3 Å². The lowest BCUT2D eigenvalue weighted by atomic mass is 9.94. The largest absolute Gasteiger partial charge is 0.496 e. The number of ether oxygens (including phenoxy) is 1. The van der Waals surface area contributed by atoms with E-state index >= 15 is 0 Å². The van der Waals surface area contributed by atoms with Gasteiger partial charge in [0.15, 0.2) is 0 Å². The maximum absolute atomic E-state index is 5.72. The molecule has 3 N–H and O–H groups in total. The highest BCUT2D eigenvalue weighted by atomic mass is 16.5. The Morgan fingerprint density at radius 3 is 2.63 bits per heavy atom. The molecule has 0 aliphatic carbocycles. The van der Waals surface area contributed by atoms with E-state index in [1.54, 1.807) is 7.11 Å². The number of methoxy groups -OCH3 is 1. The van der Waals surface area contributed by atoms with E-state index in [4.69, 9.17) is 10.5 Å². The Morgan fingerprint density at radius 1 is 1.32 bits per heavy atom. The summed E-state index contributed by atoms with van der Waals surface area (Å²) in [5.41, 5.74) is 8.52. The van der Waals surface area contributed by atoms with Crippen LogP contribution in [0.4, 0.5) is 0 Å². The van der Waals surface area contributed by atoms with Gasteiger partial charge in [-0.25, -0.2) is 0 Å². The van der Waals surface area contributed by atoms with Gasteiger partial charge >= 0.3 is 0 Å². The monoisotopic (exact) mass is 264 g/mol. The molecule has 0 saturated carbocycles. The second-order valence-electron chi connectivity index (χ2n) is 5.79. The molecule has 1 aromatic rings. The molecule has 0 bridgehead atoms. The molecule has 0 aliphatic rings. The predicted molar refractivity (Wildman–Crippen MR) is 81.8 cm³/mol. The second kappa shape index (κ2) is 7.51. The maximum Gasteiger partial charge on any atom is 0.122 e. The van der Waals surface area contributed by atoms with Gasteiger partial charge in [0.05, 0.1) is 7.11 Å². The van der Waals surface area contributed by atoms with Crippen LogP contribution in [-0.4, -0.2) is 26.7 Å². The SMILES string of the molecule is CCc1ccc(OC)c(CCNCC(C)(C)CN)c1. The summed E-state index contributed by atoms with van der Waals surface area (Å²) in [6.45, 7) is 9.13. The van der Waals surface area contributed by atoms with Crippen molar-refractivity contribution in [1.82, 2.24) is 5.32 Å². The summed E-state index contributed by atoms with van der Waals surface area (Å²) >= 11 is 0. The lowest BCUT2D eigenvalue weighted by molar-refractivity contribution is 0.352. The predicted octanol–water partition coefficient (Wildman–Crippen LogP) is 2.37. The van der Waals surface area contributed by atoms with Gasteiger partial charge in [-0.1, -0.05) is 32.9 Å². The van der Waals surface area contributed by atoms with Gasteiger partial charge in [-0.15, -0.1) is 0 Å². The first-order valence-corrected chi connectivity index (χ1v) is 7.09. The molecule has 0 heterocycles. The van der Waals surface area contributed by atoms with Crippen molar-refractivity contribution in [2.75, 3.05) is 26.7 Å². The van der Waals surface area contributed by atoms with Crippen molar-refractivity contribution < 1.29 is 4.74 Å². The Labute approximate surface area is 117 Å². The molecule has 1 rings (SSSR count). The normalized spacial score (nSPS) is 11.6. The fourth-order valence-electron chi connectivity index (χ4n) is 1.97. The van der Waals surface area contributed by atoms with E-state index in [-0.39, 0.29) is 5.41 Å². The molecule has 0 amide bonds. The van der Waals surface area contributed by atoms with Gasteiger partial charge in [-0.2, -0.15) is 0 Å². The van der Waals surface area contributed by atoms with Gasteiger partial charge in [0.1, 0.15) is 5.75 Å². The molecule has 0 atom stereocenters. The third-order valence-electron chi connectivity index (χ3n) is 3.48. The van der Waals surface area contributed by atoms with Gasteiger partial charge in [-0.05, 0) is 48.5 Å². The molecular weight excluding hydrogens is 236 g/mol. The molecule has 0 saturated heterocycles. The van der Waals surface area contributed by atoms with Crippen LogP contribution in [0.5, 0.6) is 5.75 Å². The van der Waals surface area contributed by atoms with Gasteiger partial charge in [-0.3, -0.25) is 0 Å². The molecule has 0 spiro atoms. The molecule has 1 aromatic carbocycles. The first-order valence-electron chi connectivity index (χ1n) is 7.09. The minimum absolute atomic E-state index is 0.162. The van der Waals surface area contributed by atoms with Gasteiger partial charge in [0, 0.05) is 6.54 Å². The van der Waals surface area contributed by atoms with Crippen molar-refractivity contribution in [3.63, 3.8) is 0 Å². The molecule has 0 radical (unpaired) electrons. The Balaban J connectivity index is 2.52. The zero-order valence-corrected chi connectivity index (χ0v) is 12.8. The Bertz CT molecular complexity index is 388. The minimum Gasteiger partial charge on any atom is -0.496 e. The number of nitrogens with two attached hydrogens (primary N) is 1. The number of nitrogens with one attached hydrogen (secondary N) is 1. The van der Waals surface area contributed by atoms with E-state index in [1.165, 1.54) is 11.1 Å². The molecule has 0 aromatic heterocycles. The molecule has 108 valence electrons. The number of benzene rings is 1. The fraction of sp³-hybridized carbons (Fsp3) is 0.625. The smallest absolute Gasteiger partial charge is 0.122 e. The third kappa shape index (κ3) is 5.21. The zero-order valence-electron chi connectivity index (χ0n) is 12.8. The van der Waals surface area contributed by atoms with Crippen molar-refractivity contribution in [2.24, 2.45) is 11.1 Å². The molecule has 3 nitrogen and oxygen atoms in total. The van der Waals surface area contributed by atoms with Crippen LogP contribution >= 0.6 is 0 Å². The Hall–Kier alpha value is -1.06. The third-order valence-corrected chi connectivity index (χ3v) is 3.48. The van der Waals surface area contributed by atoms with Crippen LogP contribution in [0.1, 0.15) is 31.9 Å². The van der Waals surface area contributed by atoms with Crippen molar-refractivity contribution in [3.05, 3.63) is 29.3 Å². The van der Waals surface area contributed by atoms with E-state index < -0.39 is 0 Å². The molecule has 0 fully saturated rings. The standard InChI is InChI=1S/C16H28N2O/c1-5-13-6-7-15(19-4)14(10-13)8-9-18-12-16(2,3)11-17/h6-7,10,18H,5,8-9,11-12,17H2,1-4H3. The van der Waals surface area contributed by atoms with Crippen LogP contribution < -0.4 is 15.8 Å². The summed E-state index contributed by atoms with van der Waals surface area (Å²) in [5, 5.41) is 3.48. The summed E-state index contributed by atoms with van der Waals surface area (Å²) in [4.78, 5) is 0. The fourth-order valence-corrected chi connectivity index (χ4v) is 1.97. The highest BCUT2D eigenvalue weighted by molar-refractivity contribution is 5.37. The highest BCUT2D eigenvalue weighted by Crippen LogP contribution is 2.20. The van der Waals surface area contributed by atoms with E-state index in [9.17, 15) is 0 Å². The van der Waals surface area contributed by atoms with Crippen LogP contribution in [0.25, 0.3) is 0 Å². The average Bonchev–Trinajstić information content (AvgIpc) is 2.43. The summed E-state index contributed by atoms with van der Waals surface area (Å²) < 4.78 is 5.42. The quantitative estimate of drug-likeness (QED) is 0.709. The first kappa shape index (κ1) is 16.0. The molecule has 3 heteroatoms. The van der Waals surface area contributed by atoms with E-state index in [0.717, 1.165) is 31.7 Å². The van der Waals surface area contributed by atoms with Crippen molar-refractivity contribution in [2.45, 2.75) is 33.6 Å². The Kier molecular flexibility index (Phi) is 6.32. The van der Waals surface area contributed by atoms with Crippen LogP contribution in [-0.2, 0) is 12.8 Å². The van der Waals surface area contributed by atoms with E-state index in [0.29, 0.717) is 6.54 Å². The summed E-state index contributed by atoms with van der Waals surface area (Å²) in [5.74, 6) is 0.983. The van der Waals surface area contributed by atoms with Gasteiger partial charge in [0.25, 0.3) is 0 Å². The molecule has 0 aliphatic heterocycles. The number of hydrogen-bond acceptors (Lipinski definition) is 3. The van der Waals surface area contributed by atoms with Crippen LogP contribution in [0, 0.1) is 5.41 Å². The van der Waals surface area contributed by atoms with Crippen LogP contribution in [0.3, 0.4) is 0 Å². The zero-order chi connectivity index (χ0) is 14.3. The topological polar surface area (TPSA) is 47.3 Å². The maximum atomic E-state index is 5.72. The lowest BCUT2D eigenvalue weighted by Gasteiger charge is -2.22. The van der Waals surface area contributed by atoms with Crippen molar-refractivity contribution >= 4 is 0 Å². The van der Waals surface area contributed by atoms with E-state index in [1.807, 2.05) is 0 Å². The summed E-state index contributed by atoms with van der Waals surface area (Å²) in [6.07, 6.45) is 2.04. The van der Waals surface area contributed by atoms with Crippen LogP contribution in [0.2, 0.25) is 0 Å². The highest BCUT2D eigenvalue weighted by Gasteiger charge is 2.14. The average molecular weight is 264 g/mol. The van der Waals surface area contributed by atoms with Gasteiger partial charge < -0.3 is 15.8 Å². The minimum atomic E-state index is 0.162. The van der Waals surface area contributed by atoms with Gasteiger partial charge in [0.2, 0.25) is 0 Å². The lowest BCUT2D eigenvalue weighted by Crippen LogP contribution is -2.36. The number of rotatable bonds is 8. The van der Waals surface area contributed by atoms with Crippen molar-refractivity contribution in [3.8, 4) is 5.75 Å². The Morgan fingerprint density at radius 2 is 2.05 bits per heavy atom. The number of aryl methyl sites for hydroxylation is 1. The molecule has 0 unspecified atom stereocenters. The summed E-state index contributed by atoms with van der Waals surface area (Å²) in [6, 6.07) is 6.44. The van der Waals surface area contributed by atoms with Crippen LogP contribution in [0.15, 0.2) is 18.2 Å². The first-order chi connectivity index (χ1) is 9.02. The van der Waals surface area contributed by atoms with Crippen molar-refractivity contribution in [1.29, 1.82) is 0 Å². The second-order valence-corrected chi connectivity index (χ2v) is 5.79.